The van der Waals surface area contributed by atoms with Gasteiger partial charge in [-0.05, 0) is 27.7 Å². The maximum Gasteiger partial charge on any atom is 0.410 e. The Labute approximate surface area is 146 Å². The van der Waals surface area contributed by atoms with Crippen LogP contribution in [0, 0.1) is 0 Å². The molecule has 3 rings (SSSR count). The maximum absolute atomic E-state index is 12.3. The quantitative estimate of drug-likeness (QED) is 0.864. The number of anilines is 1. The molecule has 0 bridgehead atoms. The van der Waals surface area contributed by atoms with Crippen LogP contribution in [0.15, 0.2) is 6.33 Å². The first kappa shape index (κ1) is 17.2. The van der Waals surface area contributed by atoms with E-state index in [4.69, 9.17) is 4.74 Å². The summed E-state index contributed by atoms with van der Waals surface area (Å²) in [4.78, 5) is 20.3. The molecule has 1 amide bonds. The smallest absolute Gasteiger partial charge is 0.410 e. The number of hydrogen-bond donors (Lipinski definition) is 1. The second kappa shape index (κ2) is 6.34. The second-order valence-corrected chi connectivity index (χ2v) is 7.19. The van der Waals surface area contributed by atoms with Crippen molar-refractivity contribution in [1.82, 2.24) is 34.8 Å². The number of carbonyl (C=O) groups excluding carboxylic acids is 1. The van der Waals surface area contributed by atoms with E-state index in [-0.39, 0.29) is 12.1 Å². The van der Waals surface area contributed by atoms with Crippen LogP contribution in [-0.2, 0) is 11.8 Å². The number of rotatable bonds is 2. The van der Waals surface area contributed by atoms with Crippen molar-refractivity contribution in [1.29, 1.82) is 0 Å². The Hall–Kier alpha value is -2.65. The number of aromatic nitrogens is 6. The van der Waals surface area contributed by atoms with E-state index in [0.717, 1.165) is 5.95 Å². The number of amides is 1. The SMILES string of the molecule is CC1CN(c2nnc(-c3ncn[nH]3)n2C)CCN1C(=O)OC(C)(C)C. The maximum atomic E-state index is 12.3. The summed E-state index contributed by atoms with van der Waals surface area (Å²) in [6.45, 7) is 9.50. The number of hydrogen-bond acceptors (Lipinski definition) is 7. The minimum Gasteiger partial charge on any atom is -0.444 e. The van der Waals surface area contributed by atoms with Gasteiger partial charge in [0.1, 0.15) is 11.9 Å². The summed E-state index contributed by atoms with van der Waals surface area (Å²) in [6.07, 6.45) is 1.16. The van der Waals surface area contributed by atoms with E-state index in [1.165, 1.54) is 6.33 Å². The van der Waals surface area contributed by atoms with Gasteiger partial charge in [-0.2, -0.15) is 5.10 Å². The van der Waals surface area contributed by atoms with E-state index < -0.39 is 5.60 Å². The molecule has 136 valence electrons. The molecule has 10 nitrogen and oxygen atoms in total. The second-order valence-electron chi connectivity index (χ2n) is 7.19. The van der Waals surface area contributed by atoms with Crippen molar-refractivity contribution < 1.29 is 9.53 Å². The van der Waals surface area contributed by atoms with Gasteiger partial charge in [-0.3, -0.25) is 9.67 Å². The molecule has 0 saturated carbocycles. The molecule has 0 aliphatic carbocycles. The third-order valence-electron chi connectivity index (χ3n) is 4.02. The number of ether oxygens (including phenoxy) is 1. The topological polar surface area (TPSA) is 105 Å². The molecule has 1 fully saturated rings. The van der Waals surface area contributed by atoms with Gasteiger partial charge in [0.15, 0.2) is 5.82 Å². The molecule has 1 unspecified atom stereocenters. The van der Waals surface area contributed by atoms with Crippen LogP contribution in [0.4, 0.5) is 10.7 Å². The lowest BCUT2D eigenvalue weighted by molar-refractivity contribution is 0.0158. The first-order valence-electron chi connectivity index (χ1n) is 8.26. The predicted octanol–water partition coefficient (Wildman–Crippen LogP) is 1.05. The molecule has 1 aliphatic rings. The summed E-state index contributed by atoms with van der Waals surface area (Å²) >= 11 is 0. The molecule has 1 saturated heterocycles. The van der Waals surface area contributed by atoms with Crippen LogP contribution in [0.5, 0.6) is 0 Å². The van der Waals surface area contributed by atoms with Crippen LogP contribution in [0.3, 0.4) is 0 Å². The monoisotopic (exact) mass is 348 g/mol. The Morgan fingerprint density at radius 1 is 1.32 bits per heavy atom. The van der Waals surface area contributed by atoms with E-state index in [1.54, 1.807) is 4.90 Å². The van der Waals surface area contributed by atoms with Crippen LogP contribution in [0.1, 0.15) is 27.7 Å². The van der Waals surface area contributed by atoms with E-state index in [1.807, 2.05) is 39.3 Å². The van der Waals surface area contributed by atoms with Gasteiger partial charge in [0.05, 0.1) is 0 Å². The van der Waals surface area contributed by atoms with Gasteiger partial charge in [-0.15, -0.1) is 10.2 Å². The van der Waals surface area contributed by atoms with Crippen molar-refractivity contribution >= 4 is 12.0 Å². The summed E-state index contributed by atoms with van der Waals surface area (Å²) in [5.74, 6) is 1.93. The van der Waals surface area contributed by atoms with Crippen molar-refractivity contribution in [2.24, 2.45) is 7.05 Å². The Bertz CT molecular complexity index is 733. The fourth-order valence-corrected chi connectivity index (χ4v) is 2.85. The molecule has 10 heteroatoms. The van der Waals surface area contributed by atoms with Gasteiger partial charge < -0.3 is 14.5 Å². The minimum absolute atomic E-state index is 0.00836. The van der Waals surface area contributed by atoms with Crippen LogP contribution in [0.2, 0.25) is 0 Å². The number of piperazine rings is 1. The van der Waals surface area contributed by atoms with Crippen LogP contribution in [-0.4, -0.2) is 72.2 Å². The molecule has 1 aliphatic heterocycles. The average Bonchev–Trinajstić information content (AvgIpc) is 3.14. The summed E-state index contributed by atoms with van der Waals surface area (Å²) in [5, 5.41) is 15.1. The van der Waals surface area contributed by atoms with Crippen molar-refractivity contribution in [3.8, 4) is 11.6 Å². The van der Waals surface area contributed by atoms with Crippen molar-refractivity contribution in [3.05, 3.63) is 6.33 Å². The van der Waals surface area contributed by atoms with Gasteiger partial charge in [0.25, 0.3) is 0 Å². The van der Waals surface area contributed by atoms with E-state index >= 15 is 0 Å². The van der Waals surface area contributed by atoms with Gasteiger partial charge >= 0.3 is 6.09 Å². The lowest BCUT2D eigenvalue weighted by atomic mass is 10.2. The number of aromatic amines is 1. The molecular weight excluding hydrogens is 324 g/mol. The van der Waals surface area contributed by atoms with E-state index in [0.29, 0.717) is 31.3 Å². The van der Waals surface area contributed by atoms with E-state index in [2.05, 4.69) is 30.3 Å². The first-order chi connectivity index (χ1) is 11.8. The Morgan fingerprint density at radius 3 is 2.68 bits per heavy atom. The highest BCUT2D eigenvalue weighted by Crippen LogP contribution is 2.22. The van der Waals surface area contributed by atoms with Crippen molar-refractivity contribution in [3.63, 3.8) is 0 Å². The third-order valence-corrected chi connectivity index (χ3v) is 4.02. The van der Waals surface area contributed by atoms with Crippen molar-refractivity contribution in [2.45, 2.75) is 39.3 Å². The fraction of sp³-hybridized carbons (Fsp3) is 0.667. The van der Waals surface area contributed by atoms with Gasteiger partial charge in [-0.25, -0.2) is 9.78 Å². The molecule has 3 heterocycles. The number of nitrogens with one attached hydrogen (secondary N) is 1. The van der Waals surface area contributed by atoms with Crippen LogP contribution in [0.25, 0.3) is 11.6 Å². The largest absolute Gasteiger partial charge is 0.444 e. The molecule has 0 radical (unpaired) electrons. The molecule has 25 heavy (non-hydrogen) atoms. The zero-order valence-electron chi connectivity index (χ0n) is 15.2. The van der Waals surface area contributed by atoms with Crippen molar-refractivity contribution in [2.75, 3.05) is 24.5 Å². The lowest BCUT2D eigenvalue weighted by Gasteiger charge is -2.40. The fourth-order valence-electron chi connectivity index (χ4n) is 2.85. The molecule has 1 atom stereocenters. The highest BCUT2D eigenvalue weighted by Gasteiger charge is 2.32. The molecule has 0 aromatic carbocycles. The van der Waals surface area contributed by atoms with Crippen LogP contribution < -0.4 is 4.90 Å². The highest BCUT2D eigenvalue weighted by molar-refractivity contribution is 5.69. The normalized spacial score (nSPS) is 18.5. The number of nitrogens with zero attached hydrogens (tertiary/aromatic N) is 7. The average molecular weight is 348 g/mol. The predicted molar refractivity (Wildman–Crippen MR) is 91.0 cm³/mol. The summed E-state index contributed by atoms with van der Waals surface area (Å²) in [7, 11) is 1.89. The Morgan fingerprint density at radius 2 is 2.08 bits per heavy atom. The molecule has 2 aromatic rings. The summed E-state index contributed by atoms with van der Waals surface area (Å²) in [6, 6.07) is 0.00836. The highest BCUT2D eigenvalue weighted by atomic mass is 16.6. The number of H-pyrrole nitrogens is 1. The zero-order chi connectivity index (χ0) is 18.2. The lowest BCUT2D eigenvalue weighted by Crippen LogP contribution is -2.55. The standard InChI is InChI=1S/C15H24N8O2/c1-10-8-22(6-7-23(10)14(24)25-15(2,3)4)13-20-19-12(21(13)5)11-16-9-17-18-11/h9-10H,6-8H2,1-5H3,(H,16,17,18). The summed E-state index contributed by atoms with van der Waals surface area (Å²) < 4.78 is 7.35. The first-order valence-corrected chi connectivity index (χ1v) is 8.26. The Kier molecular flexibility index (Phi) is 4.36. The van der Waals surface area contributed by atoms with E-state index in [9.17, 15) is 4.79 Å². The summed E-state index contributed by atoms with van der Waals surface area (Å²) in [5.41, 5.74) is -0.497. The molecule has 2 aromatic heterocycles. The minimum atomic E-state index is -0.497. The van der Waals surface area contributed by atoms with Crippen LogP contribution >= 0.6 is 0 Å². The van der Waals surface area contributed by atoms with Gasteiger partial charge in [0.2, 0.25) is 11.8 Å². The third kappa shape index (κ3) is 3.57. The Balaban J connectivity index is 1.70. The molecule has 1 N–H and O–H groups in total. The molecule has 0 spiro atoms. The number of carbonyl (C=O) groups is 1. The van der Waals surface area contributed by atoms with Gasteiger partial charge in [0, 0.05) is 32.7 Å². The zero-order valence-corrected chi connectivity index (χ0v) is 15.2. The molecular formula is C15H24N8O2. The van der Waals surface area contributed by atoms with Gasteiger partial charge in [-0.1, -0.05) is 0 Å².